The third kappa shape index (κ3) is 9.38. The molecule has 0 fully saturated rings. The SMILES string of the molecule is CCCC=O.[C]. The lowest BCUT2D eigenvalue weighted by Gasteiger charge is -1.68. The second-order valence-corrected chi connectivity index (χ2v) is 0.955. The van der Waals surface area contributed by atoms with Gasteiger partial charge in [-0.3, -0.25) is 0 Å². The van der Waals surface area contributed by atoms with Crippen molar-refractivity contribution in [1.29, 1.82) is 0 Å². The Morgan fingerprint density at radius 2 is 2.17 bits per heavy atom. The van der Waals surface area contributed by atoms with E-state index in [1.807, 2.05) is 6.92 Å². The van der Waals surface area contributed by atoms with Crippen LogP contribution in [0.2, 0.25) is 0 Å². The predicted octanol–water partition coefficient (Wildman–Crippen LogP) is 1.07. The lowest BCUT2D eigenvalue weighted by molar-refractivity contribution is -0.107. The lowest BCUT2D eigenvalue weighted by Crippen LogP contribution is -1.64. The van der Waals surface area contributed by atoms with Gasteiger partial charge in [0.15, 0.2) is 0 Å². The van der Waals surface area contributed by atoms with Gasteiger partial charge < -0.3 is 4.79 Å². The van der Waals surface area contributed by atoms with Gasteiger partial charge in [0.1, 0.15) is 6.29 Å². The first-order chi connectivity index (χ1) is 2.41. The van der Waals surface area contributed by atoms with Crippen molar-refractivity contribution in [1.82, 2.24) is 0 Å². The summed E-state index contributed by atoms with van der Waals surface area (Å²) >= 11 is 0. The molecule has 0 aromatic carbocycles. The van der Waals surface area contributed by atoms with Crippen molar-refractivity contribution < 1.29 is 4.79 Å². The van der Waals surface area contributed by atoms with Gasteiger partial charge in [-0.05, 0) is 6.42 Å². The zero-order valence-corrected chi connectivity index (χ0v) is 3.90. The Kier molecular flexibility index (Phi) is 13.5. The molecule has 0 N–H and O–H groups in total. The van der Waals surface area contributed by atoms with E-state index in [4.69, 9.17) is 0 Å². The molecule has 0 amide bonds. The molecule has 4 radical (unpaired) electrons. The minimum atomic E-state index is 0. The van der Waals surface area contributed by atoms with Crippen LogP contribution in [0.15, 0.2) is 0 Å². The Bertz CT molecular complexity index is 25.1. The predicted molar refractivity (Wildman–Crippen MR) is 24.2 cm³/mol. The van der Waals surface area contributed by atoms with Crippen LogP contribution in [0.1, 0.15) is 19.8 Å². The Hall–Kier alpha value is -0.330. The molecule has 0 aliphatic carbocycles. The van der Waals surface area contributed by atoms with Gasteiger partial charge in [-0.2, -0.15) is 0 Å². The Balaban J connectivity index is 0. The maximum atomic E-state index is 9.40. The van der Waals surface area contributed by atoms with E-state index in [1.54, 1.807) is 0 Å². The molecule has 0 bridgehead atoms. The van der Waals surface area contributed by atoms with Crippen LogP contribution in [0, 0.1) is 7.43 Å². The van der Waals surface area contributed by atoms with E-state index in [-0.39, 0.29) is 7.43 Å². The fourth-order valence-corrected chi connectivity index (χ4v) is 0.118. The summed E-state index contributed by atoms with van der Waals surface area (Å²) in [5, 5.41) is 0. The minimum absolute atomic E-state index is 0. The van der Waals surface area contributed by atoms with Gasteiger partial charge in [-0.1, -0.05) is 6.92 Å². The number of aldehydes is 1. The van der Waals surface area contributed by atoms with Crippen molar-refractivity contribution in [3.8, 4) is 0 Å². The van der Waals surface area contributed by atoms with Gasteiger partial charge >= 0.3 is 0 Å². The third-order valence-corrected chi connectivity index (χ3v) is 0.407. The van der Waals surface area contributed by atoms with Crippen LogP contribution in [0.25, 0.3) is 0 Å². The van der Waals surface area contributed by atoms with Crippen molar-refractivity contribution in [3.05, 3.63) is 7.43 Å². The zero-order valence-electron chi connectivity index (χ0n) is 3.90. The topological polar surface area (TPSA) is 17.1 Å². The second kappa shape index (κ2) is 8.82. The molecule has 0 heterocycles. The summed E-state index contributed by atoms with van der Waals surface area (Å²) in [5.74, 6) is 0. The van der Waals surface area contributed by atoms with Gasteiger partial charge in [-0.25, -0.2) is 0 Å². The molecular weight excluding hydrogens is 76.1 g/mol. The summed E-state index contributed by atoms with van der Waals surface area (Å²) in [6.45, 7) is 1.98. The van der Waals surface area contributed by atoms with Crippen molar-refractivity contribution in [2.45, 2.75) is 19.8 Å². The molecule has 34 valence electrons. The van der Waals surface area contributed by atoms with Crippen molar-refractivity contribution >= 4 is 6.29 Å². The Labute approximate surface area is 39.4 Å². The summed E-state index contributed by atoms with van der Waals surface area (Å²) in [6, 6.07) is 0. The van der Waals surface area contributed by atoms with E-state index in [2.05, 4.69) is 0 Å². The minimum Gasteiger partial charge on any atom is -0.303 e. The second-order valence-electron chi connectivity index (χ2n) is 0.955. The molecule has 0 unspecified atom stereocenters. The molecule has 0 saturated heterocycles. The number of carbonyl (C=O) groups is 1. The van der Waals surface area contributed by atoms with E-state index in [9.17, 15) is 4.79 Å². The van der Waals surface area contributed by atoms with Crippen molar-refractivity contribution in [2.24, 2.45) is 0 Å². The molecular formula is C5H8O. The van der Waals surface area contributed by atoms with Crippen LogP contribution >= 0.6 is 0 Å². The van der Waals surface area contributed by atoms with E-state index in [0.29, 0.717) is 6.42 Å². The van der Waals surface area contributed by atoms with Crippen LogP contribution < -0.4 is 0 Å². The molecule has 0 rings (SSSR count). The molecule has 0 aromatic rings. The normalized spacial score (nSPS) is 6.17. The van der Waals surface area contributed by atoms with Crippen LogP contribution in [0.3, 0.4) is 0 Å². The fourth-order valence-electron chi connectivity index (χ4n) is 0.118. The number of carbonyl (C=O) groups excluding carboxylic acids is 1. The van der Waals surface area contributed by atoms with Crippen LogP contribution in [-0.2, 0) is 4.79 Å². The van der Waals surface area contributed by atoms with E-state index in [0.717, 1.165) is 12.7 Å². The molecule has 0 atom stereocenters. The molecule has 6 heavy (non-hydrogen) atoms. The smallest absolute Gasteiger partial charge is 0.119 e. The maximum absolute atomic E-state index is 9.40. The van der Waals surface area contributed by atoms with E-state index in [1.165, 1.54) is 0 Å². The molecule has 0 saturated carbocycles. The summed E-state index contributed by atoms with van der Waals surface area (Å²) in [6.07, 6.45) is 2.61. The van der Waals surface area contributed by atoms with Crippen LogP contribution in [0.4, 0.5) is 0 Å². The van der Waals surface area contributed by atoms with Crippen molar-refractivity contribution in [3.63, 3.8) is 0 Å². The van der Waals surface area contributed by atoms with Crippen LogP contribution in [-0.4, -0.2) is 6.29 Å². The highest BCUT2D eigenvalue weighted by Gasteiger charge is 1.66. The van der Waals surface area contributed by atoms with Gasteiger partial charge in [0.2, 0.25) is 0 Å². The first-order valence-corrected chi connectivity index (χ1v) is 1.85. The summed E-state index contributed by atoms with van der Waals surface area (Å²) in [5.41, 5.74) is 0. The molecule has 0 aromatic heterocycles. The van der Waals surface area contributed by atoms with Gasteiger partial charge in [-0.15, -0.1) is 0 Å². The number of rotatable bonds is 2. The summed E-state index contributed by atoms with van der Waals surface area (Å²) in [7, 11) is 0. The van der Waals surface area contributed by atoms with Gasteiger partial charge in [0, 0.05) is 13.8 Å². The monoisotopic (exact) mass is 84.1 g/mol. The molecule has 0 spiro atoms. The number of unbranched alkanes of at least 4 members (excludes halogenated alkanes) is 1. The molecule has 0 aliphatic heterocycles. The van der Waals surface area contributed by atoms with E-state index >= 15 is 0 Å². The fraction of sp³-hybridized carbons (Fsp3) is 0.600. The average molecular weight is 84.1 g/mol. The highest BCUT2D eigenvalue weighted by molar-refractivity contribution is 5.48. The zero-order chi connectivity index (χ0) is 4.12. The average Bonchev–Trinajstić information content (AvgIpc) is 1.41. The third-order valence-electron chi connectivity index (χ3n) is 0.407. The number of hydrogen-bond acceptors (Lipinski definition) is 1. The van der Waals surface area contributed by atoms with Crippen molar-refractivity contribution in [2.75, 3.05) is 0 Å². The summed E-state index contributed by atoms with van der Waals surface area (Å²) in [4.78, 5) is 9.40. The highest BCUT2D eigenvalue weighted by atomic mass is 16.1. The Morgan fingerprint density at radius 1 is 1.67 bits per heavy atom. The first-order valence-electron chi connectivity index (χ1n) is 1.85. The van der Waals surface area contributed by atoms with Gasteiger partial charge in [0.05, 0.1) is 0 Å². The highest BCUT2D eigenvalue weighted by Crippen LogP contribution is 1.74. The van der Waals surface area contributed by atoms with E-state index < -0.39 is 0 Å². The maximum Gasteiger partial charge on any atom is 0.119 e. The standard InChI is InChI=1S/C4H8O.C/c1-2-3-4-5;/h4H,2-3H2,1H3;. The van der Waals surface area contributed by atoms with Gasteiger partial charge in [0.25, 0.3) is 0 Å². The lowest BCUT2D eigenvalue weighted by atomic mass is 10.4. The largest absolute Gasteiger partial charge is 0.303 e. The first kappa shape index (κ1) is 9.18. The molecule has 1 nitrogen and oxygen atoms in total. The molecule has 1 heteroatoms. The Morgan fingerprint density at radius 3 is 2.17 bits per heavy atom. The quantitative estimate of drug-likeness (QED) is 0.457. The number of hydrogen-bond donors (Lipinski definition) is 0. The van der Waals surface area contributed by atoms with Crippen LogP contribution in [0.5, 0.6) is 0 Å². The molecule has 0 aliphatic rings. The summed E-state index contributed by atoms with van der Waals surface area (Å²) < 4.78 is 0.